The number of ether oxygens (including phenoxy) is 1. The molecule has 1 saturated carbocycles. The van der Waals surface area contributed by atoms with E-state index in [4.69, 9.17) is 4.74 Å². The number of hydrogen-bond donors (Lipinski definition) is 2. The summed E-state index contributed by atoms with van der Waals surface area (Å²) in [5.41, 5.74) is 0. The van der Waals surface area contributed by atoms with E-state index in [0.29, 0.717) is 12.5 Å². The van der Waals surface area contributed by atoms with Crippen LogP contribution < -0.4 is 10.0 Å². The van der Waals surface area contributed by atoms with Crippen molar-refractivity contribution in [2.45, 2.75) is 57.7 Å². The zero-order valence-electron chi connectivity index (χ0n) is 11.6. The first-order valence-electron chi connectivity index (χ1n) is 6.69. The fraction of sp³-hybridized carbons (Fsp3) is 1.00. The number of methoxy groups -OCH3 is 1. The van der Waals surface area contributed by atoms with Crippen molar-refractivity contribution in [3.63, 3.8) is 0 Å². The second kappa shape index (κ2) is 7.43. The van der Waals surface area contributed by atoms with Gasteiger partial charge in [0.15, 0.2) is 0 Å². The maximum Gasteiger partial charge on any atom is 0.211 e. The van der Waals surface area contributed by atoms with E-state index in [-0.39, 0.29) is 17.9 Å². The largest absolute Gasteiger partial charge is 0.381 e. The average Bonchev–Trinajstić information content (AvgIpc) is 2.71. The van der Waals surface area contributed by atoms with Crippen LogP contribution in [-0.2, 0) is 14.8 Å². The first kappa shape index (κ1) is 15.9. The molecule has 0 aliphatic heterocycles. The highest BCUT2D eigenvalue weighted by Crippen LogP contribution is 2.21. The average molecular weight is 278 g/mol. The quantitative estimate of drug-likeness (QED) is 0.646. The second-order valence-electron chi connectivity index (χ2n) is 5.27. The Balaban J connectivity index is 2.23. The molecule has 2 atom stereocenters. The van der Waals surface area contributed by atoms with Gasteiger partial charge in [0, 0.05) is 19.2 Å². The van der Waals surface area contributed by atoms with Crippen molar-refractivity contribution in [3.05, 3.63) is 0 Å². The van der Waals surface area contributed by atoms with Crippen LogP contribution in [0, 0.1) is 0 Å². The number of rotatable bonds is 8. The van der Waals surface area contributed by atoms with Crippen LogP contribution in [0.25, 0.3) is 0 Å². The third-order valence-corrected chi connectivity index (χ3v) is 4.73. The van der Waals surface area contributed by atoms with Crippen LogP contribution in [0.3, 0.4) is 0 Å². The van der Waals surface area contributed by atoms with Crippen LogP contribution in [0.4, 0.5) is 0 Å². The zero-order chi connectivity index (χ0) is 13.6. The monoisotopic (exact) mass is 278 g/mol. The summed E-state index contributed by atoms with van der Waals surface area (Å²) in [6, 6.07) is 0.455. The van der Waals surface area contributed by atoms with E-state index in [9.17, 15) is 8.42 Å². The fourth-order valence-corrected chi connectivity index (χ4v) is 3.59. The number of nitrogens with one attached hydrogen (secondary N) is 2. The van der Waals surface area contributed by atoms with E-state index in [0.717, 1.165) is 25.8 Å². The Kier molecular flexibility index (Phi) is 6.55. The summed E-state index contributed by atoms with van der Waals surface area (Å²) in [5.74, 6) is 0.195. The summed E-state index contributed by atoms with van der Waals surface area (Å²) in [6.45, 7) is 4.84. The standard InChI is InChI=1S/C12H26N2O3S/c1-10(2)13-7-4-8-18(15,16)14-11-5-6-12(9-11)17-3/h10-14H,4-9H2,1-3H3. The van der Waals surface area contributed by atoms with Crippen LogP contribution in [0.5, 0.6) is 0 Å². The molecule has 0 aromatic heterocycles. The highest BCUT2D eigenvalue weighted by Gasteiger charge is 2.27. The van der Waals surface area contributed by atoms with E-state index >= 15 is 0 Å². The normalized spacial score (nSPS) is 24.9. The predicted molar refractivity (Wildman–Crippen MR) is 73.1 cm³/mol. The smallest absolute Gasteiger partial charge is 0.211 e. The zero-order valence-corrected chi connectivity index (χ0v) is 12.4. The fourth-order valence-electron chi connectivity index (χ4n) is 2.23. The molecule has 1 fully saturated rings. The van der Waals surface area contributed by atoms with E-state index in [2.05, 4.69) is 23.9 Å². The molecule has 2 unspecified atom stereocenters. The molecule has 1 aliphatic carbocycles. The Morgan fingerprint density at radius 3 is 2.61 bits per heavy atom. The molecular formula is C12H26N2O3S. The van der Waals surface area contributed by atoms with E-state index < -0.39 is 10.0 Å². The third kappa shape index (κ3) is 6.13. The SMILES string of the molecule is COC1CCC(NS(=O)(=O)CCCNC(C)C)C1. The molecule has 0 heterocycles. The lowest BCUT2D eigenvalue weighted by atomic mass is 10.3. The molecule has 2 N–H and O–H groups in total. The van der Waals surface area contributed by atoms with Crippen molar-refractivity contribution in [2.24, 2.45) is 0 Å². The van der Waals surface area contributed by atoms with Crippen molar-refractivity contribution >= 4 is 10.0 Å². The third-order valence-electron chi connectivity index (χ3n) is 3.21. The van der Waals surface area contributed by atoms with Crippen molar-refractivity contribution in [2.75, 3.05) is 19.4 Å². The van der Waals surface area contributed by atoms with Gasteiger partial charge < -0.3 is 10.1 Å². The first-order chi connectivity index (χ1) is 8.43. The van der Waals surface area contributed by atoms with Crippen LogP contribution in [-0.4, -0.2) is 46.0 Å². The topological polar surface area (TPSA) is 67.4 Å². The summed E-state index contributed by atoms with van der Waals surface area (Å²) < 4.78 is 31.7. The summed E-state index contributed by atoms with van der Waals surface area (Å²) in [7, 11) is -1.46. The van der Waals surface area contributed by atoms with Gasteiger partial charge in [-0.1, -0.05) is 13.8 Å². The minimum Gasteiger partial charge on any atom is -0.381 e. The van der Waals surface area contributed by atoms with Gasteiger partial charge in [0.1, 0.15) is 0 Å². The molecule has 108 valence electrons. The molecule has 0 bridgehead atoms. The van der Waals surface area contributed by atoms with Gasteiger partial charge in [-0.05, 0) is 32.2 Å². The Labute approximate surface area is 111 Å². The van der Waals surface area contributed by atoms with Gasteiger partial charge in [0.25, 0.3) is 0 Å². The molecule has 0 radical (unpaired) electrons. The van der Waals surface area contributed by atoms with Crippen LogP contribution in [0.1, 0.15) is 39.5 Å². The van der Waals surface area contributed by atoms with Crippen molar-refractivity contribution in [1.29, 1.82) is 0 Å². The highest BCUT2D eigenvalue weighted by molar-refractivity contribution is 7.89. The van der Waals surface area contributed by atoms with E-state index in [1.54, 1.807) is 7.11 Å². The van der Waals surface area contributed by atoms with Gasteiger partial charge in [-0.3, -0.25) is 0 Å². The first-order valence-corrected chi connectivity index (χ1v) is 8.34. The summed E-state index contributed by atoms with van der Waals surface area (Å²) in [5, 5.41) is 3.22. The maximum absolute atomic E-state index is 11.8. The number of hydrogen-bond acceptors (Lipinski definition) is 4. The van der Waals surface area contributed by atoms with Crippen LogP contribution in [0.2, 0.25) is 0 Å². The van der Waals surface area contributed by atoms with Gasteiger partial charge >= 0.3 is 0 Å². The minimum atomic E-state index is -3.14. The minimum absolute atomic E-state index is 0.0537. The second-order valence-corrected chi connectivity index (χ2v) is 7.14. The molecule has 5 nitrogen and oxygen atoms in total. The predicted octanol–water partition coefficient (Wildman–Crippen LogP) is 0.861. The molecule has 18 heavy (non-hydrogen) atoms. The molecule has 1 aliphatic rings. The molecular weight excluding hydrogens is 252 g/mol. The van der Waals surface area contributed by atoms with Gasteiger partial charge in [-0.25, -0.2) is 13.1 Å². The van der Waals surface area contributed by atoms with Gasteiger partial charge in [0.05, 0.1) is 11.9 Å². The maximum atomic E-state index is 11.8. The van der Waals surface area contributed by atoms with Crippen molar-refractivity contribution in [3.8, 4) is 0 Å². The lowest BCUT2D eigenvalue weighted by Crippen LogP contribution is -2.36. The Bertz CT molecular complexity index is 330. The summed E-state index contributed by atoms with van der Waals surface area (Å²) in [4.78, 5) is 0. The lowest BCUT2D eigenvalue weighted by molar-refractivity contribution is 0.107. The van der Waals surface area contributed by atoms with Gasteiger partial charge in [-0.15, -0.1) is 0 Å². The van der Waals surface area contributed by atoms with Gasteiger partial charge in [0.2, 0.25) is 10.0 Å². The molecule has 1 rings (SSSR count). The Morgan fingerprint density at radius 1 is 1.33 bits per heavy atom. The molecule has 0 spiro atoms. The Hall–Kier alpha value is -0.170. The molecule has 0 aromatic carbocycles. The number of sulfonamides is 1. The molecule has 0 amide bonds. The molecule has 0 saturated heterocycles. The van der Waals surface area contributed by atoms with Crippen molar-refractivity contribution < 1.29 is 13.2 Å². The molecule has 0 aromatic rings. The van der Waals surface area contributed by atoms with Crippen LogP contribution >= 0.6 is 0 Å². The highest BCUT2D eigenvalue weighted by atomic mass is 32.2. The molecule has 6 heteroatoms. The van der Waals surface area contributed by atoms with Gasteiger partial charge in [-0.2, -0.15) is 0 Å². The summed E-state index contributed by atoms with van der Waals surface area (Å²) >= 11 is 0. The van der Waals surface area contributed by atoms with Crippen molar-refractivity contribution in [1.82, 2.24) is 10.0 Å². The summed E-state index contributed by atoms with van der Waals surface area (Å²) in [6.07, 6.45) is 3.47. The lowest BCUT2D eigenvalue weighted by Gasteiger charge is -2.14. The Morgan fingerprint density at radius 2 is 2.06 bits per heavy atom. The van der Waals surface area contributed by atoms with E-state index in [1.165, 1.54) is 0 Å². The van der Waals surface area contributed by atoms with E-state index in [1.807, 2.05) is 0 Å². The van der Waals surface area contributed by atoms with Crippen LogP contribution in [0.15, 0.2) is 0 Å².